The summed E-state index contributed by atoms with van der Waals surface area (Å²) in [4.78, 5) is 7.68. The van der Waals surface area contributed by atoms with Gasteiger partial charge in [0.1, 0.15) is 12.0 Å². The molecule has 230 valence electrons. The van der Waals surface area contributed by atoms with Gasteiger partial charge in [0.2, 0.25) is 0 Å². The second-order valence-electron chi connectivity index (χ2n) is 12.9. The van der Waals surface area contributed by atoms with Gasteiger partial charge in [-0.05, 0) is 66.2 Å². The van der Waals surface area contributed by atoms with E-state index < -0.39 is 0 Å². The average molecular weight is 628 g/mol. The molecule has 0 spiro atoms. The Hall–Kier alpha value is -6.59. The van der Waals surface area contributed by atoms with Crippen molar-refractivity contribution in [3.05, 3.63) is 169 Å². The second kappa shape index (κ2) is 9.96. The fraction of sp³-hybridized carbons (Fsp3) is 0.0227. The second-order valence-corrected chi connectivity index (χ2v) is 12.9. The van der Waals surface area contributed by atoms with E-state index >= 15 is 0 Å². The fourth-order valence-corrected chi connectivity index (χ4v) is 8.23. The van der Waals surface area contributed by atoms with Crippen molar-refractivity contribution in [2.75, 3.05) is 10.2 Å². The maximum Gasteiger partial charge on any atom is 0.145 e. The molecule has 2 aliphatic rings. The summed E-state index contributed by atoms with van der Waals surface area (Å²) < 4.78 is 4.74. The predicted octanol–water partition coefficient (Wildman–Crippen LogP) is 11.0. The first-order valence-electron chi connectivity index (χ1n) is 16.8. The topological polar surface area (TPSA) is 38.0 Å². The van der Waals surface area contributed by atoms with E-state index in [4.69, 9.17) is 4.98 Å². The van der Waals surface area contributed by atoms with Crippen molar-refractivity contribution in [3.63, 3.8) is 0 Å². The molecule has 7 aromatic carbocycles. The van der Waals surface area contributed by atoms with Gasteiger partial charge in [-0.3, -0.25) is 4.57 Å². The van der Waals surface area contributed by atoms with Gasteiger partial charge in [0, 0.05) is 38.8 Å². The fourth-order valence-electron chi connectivity index (χ4n) is 8.23. The van der Waals surface area contributed by atoms with Gasteiger partial charge < -0.3 is 14.8 Å². The zero-order chi connectivity index (χ0) is 32.1. The molecule has 1 N–H and O–H groups in total. The Balaban J connectivity index is 1.21. The monoisotopic (exact) mass is 627 g/mol. The number of rotatable bonds is 3. The Morgan fingerprint density at radius 2 is 1.29 bits per heavy atom. The Bertz CT molecular complexity index is 2770. The first kappa shape index (κ1) is 26.5. The number of benzene rings is 7. The molecule has 0 saturated heterocycles. The van der Waals surface area contributed by atoms with Crippen molar-refractivity contribution < 1.29 is 0 Å². The lowest BCUT2D eigenvalue weighted by atomic mass is 9.89. The van der Waals surface area contributed by atoms with E-state index in [1.165, 1.54) is 49.9 Å². The highest BCUT2D eigenvalue weighted by Gasteiger charge is 2.39. The van der Waals surface area contributed by atoms with Crippen LogP contribution in [-0.2, 0) is 0 Å². The molecule has 4 heterocycles. The number of aromatic nitrogens is 3. The number of hydrogen-bond acceptors (Lipinski definition) is 3. The zero-order valence-corrected chi connectivity index (χ0v) is 26.5. The number of nitrogens with one attached hydrogen (secondary N) is 1. The van der Waals surface area contributed by atoms with Gasteiger partial charge >= 0.3 is 0 Å². The number of fused-ring (bicyclic) bond motifs is 13. The smallest absolute Gasteiger partial charge is 0.145 e. The van der Waals surface area contributed by atoms with Gasteiger partial charge in [-0.2, -0.15) is 0 Å². The lowest BCUT2D eigenvalue weighted by molar-refractivity contribution is 0.820. The van der Waals surface area contributed by atoms with Crippen LogP contribution >= 0.6 is 0 Å². The predicted molar refractivity (Wildman–Crippen MR) is 201 cm³/mol. The van der Waals surface area contributed by atoms with Crippen LogP contribution in [0.3, 0.4) is 0 Å². The molecule has 2 aliphatic heterocycles. The minimum atomic E-state index is 0.0330. The van der Waals surface area contributed by atoms with Crippen molar-refractivity contribution in [1.29, 1.82) is 0 Å². The first-order chi connectivity index (χ1) is 24.3. The van der Waals surface area contributed by atoms with E-state index in [1.54, 1.807) is 0 Å². The third kappa shape index (κ3) is 3.67. The lowest BCUT2D eigenvalue weighted by Crippen LogP contribution is -2.27. The van der Waals surface area contributed by atoms with Crippen LogP contribution in [0.15, 0.2) is 164 Å². The van der Waals surface area contributed by atoms with Gasteiger partial charge in [0.05, 0.1) is 39.1 Å². The Morgan fingerprint density at radius 1 is 0.531 bits per heavy atom. The summed E-state index contributed by atoms with van der Waals surface area (Å²) in [6.45, 7) is 0. The summed E-state index contributed by atoms with van der Waals surface area (Å²) in [6, 6.07) is 58.8. The maximum absolute atomic E-state index is 5.20. The van der Waals surface area contributed by atoms with Crippen LogP contribution in [-0.4, -0.2) is 14.1 Å². The van der Waals surface area contributed by atoms with Gasteiger partial charge in [0.25, 0.3) is 0 Å². The van der Waals surface area contributed by atoms with Crippen LogP contribution in [0.5, 0.6) is 0 Å². The zero-order valence-electron chi connectivity index (χ0n) is 26.5. The molecular weight excluding hydrogens is 599 g/mol. The molecule has 1 unspecified atom stereocenters. The van der Waals surface area contributed by atoms with Gasteiger partial charge in [-0.15, -0.1) is 0 Å². The quantitative estimate of drug-likeness (QED) is 0.212. The standard InChI is InChI=1S/C44H29N5/c1-2-14-29(15-3-1)48-38-23-10-7-20-35(38)45-43(48)28-13-12-16-30(27-28)47-37-22-9-6-17-31(37)33-25-26-40-41(42(33)47)32-18-4-5-19-34(32)44-46-36-21-8-11-24-39(36)49(40)44/h1-27,44,46H. The van der Waals surface area contributed by atoms with E-state index in [0.29, 0.717) is 0 Å². The first-order valence-corrected chi connectivity index (χ1v) is 16.8. The normalized spacial score (nSPS) is 14.4. The molecule has 0 bridgehead atoms. The van der Waals surface area contributed by atoms with Crippen molar-refractivity contribution in [3.8, 4) is 33.9 Å². The molecule has 0 fully saturated rings. The minimum Gasteiger partial charge on any atom is -0.359 e. The lowest BCUT2D eigenvalue weighted by Gasteiger charge is -2.36. The summed E-state index contributed by atoms with van der Waals surface area (Å²) in [5.74, 6) is 0.921. The highest BCUT2D eigenvalue weighted by atomic mass is 15.3. The van der Waals surface area contributed by atoms with E-state index in [0.717, 1.165) is 39.5 Å². The molecule has 0 aliphatic carbocycles. The van der Waals surface area contributed by atoms with Crippen LogP contribution < -0.4 is 10.2 Å². The number of imidazole rings is 1. The summed E-state index contributed by atoms with van der Waals surface area (Å²) in [7, 11) is 0. The number of hydrogen-bond donors (Lipinski definition) is 1. The van der Waals surface area contributed by atoms with E-state index in [1.807, 2.05) is 0 Å². The van der Waals surface area contributed by atoms with Crippen molar-refractivity contribution >= 4 is 49.9 Å². The highest BCUT2D eigenvalue weighted by Crippen LogP contribution is 2.56. The third-order valence-corrected chi connectivity index (χ3v) is 10.3. The number of nitrogens with zero attached hydrogens (tertiary/aromatic N) is 4. The molecule has 0 amide bonds. The van der Waals surface area contributed by atoms with Crippen molar-refractivity contribution in [1.82, 2.24) is 14.1 Å². The SMILES string of the molecule is c1ccc(-n2c(-c3cccc(-n4c5ccccc5c5ccc6c(c54)-c4ccccc4C4Nc5ccccc5N64)c3)nc3ccccc32)cc1. The molecule has 0 saturated carbocycles. The minimum absolute atomic E-state index is 0.0330. The Kier molecular flexibility index (Phi) is 5.38. The molecule has 49 heavy (non-hydrogen) atoms. The molecule has 11 rings (SSSR count). The molecule has 0 radical (unpaired) electrons. The van der Waals surface area contributed by atoms with E-state index in [-0.39, 0.29) is 6.17 Å². The van der Waals surface area contributed by atoms with Gasteiger partial charge in [-0.25, -0.2) is 4.98 Å². The van der Waals surface area contributed by atoms with Crippen molar-refractivity contribution in [2.24, 2.45) is 0 Å². The summed E-state index contributed by atoms with van der Waals surface area (Å²) in [6.07, 6.45) is 0.0330. The highest BCUT2D eigenvalue weighted by molar-refractivity contribution is 6.17. The molecule has 2 aromatic heterocycles. The molecule has 5 heteroatoms. The van der Waals surface area contributed by atoms with Crippen LogP contribution in [0, 0.1) is 0 Å². The number of anilines is 3. The van der Waals surface area contributed by atoms with E-state index in [9.17, 15) is 0 Å². The van der Waals surface area contributed by atoms with Crippen molar-refractivity contribution in [2.45, 2.75) is 6.17 Å². The van der Waals surface area contributed by atoms with Crippen LogP contribution in [0.25, 0.3) is 66.7 Å². The summed E-state index contributed by atoms with van der Waals surface area (Å²) in [5, 5.41) is 6.30. The summed E-state index contributed by atoms with van der Waals surface area (Å²) in [5.41, 5.74) is 15.1. The van der Waals surface area contributed by atoms with Crippen LogP contribution in [0.4, 0.5) is 17.1 Å². The molecular formula is C44H29N5. The van der Waals surface area contributed by atoms with Gasteiger partial charge in [0.15, 0.2) is 0 Å². The molecule has 1 atom stereocenters. The maximum atomic E-state index is 5.20. The van der Waals surface area contributed by atoms with Crippen LogP contribution in [0.2, 0.25) is 0 Å². The molecule has 9 aromatic rings. The van der Waals surface area contributed by atoms with E-state index in [2.05, 4.69) is 183 Å². The number of para-hydroxylation sites is 6. The van der Waals surface area contributed by atoms with Gasteiger partial charge in [-0.1, -0.05) is 103 Å². The van der Waals surface area contributed by atoms with Crippen LogP contribution in [0.1, 0.15) is 11.7 Å². The largest absolute Gasteiger partial charge is 0.359 e. The average Bonchev–Trinajstić information content (AvgIpc) is 3.85. The molecule has 5 nitrogen and oxygen atoms in total. The third-order valence-electron chi connectivity index (χ3n) is 10.3. The Labute approximate surface area is 282 Å². The Morgan fingerprint density at radius 3 is 2.22 bits per heavy atom. The summed E-state index contributed by atoms with van der Waals surface area (Å²) >= 11 is 0.